The summed E-state index contributed by atoms with van der Waals surface area (Å²) in [6.45, 7) is 1.46. The van der Waals surface area contributed by atoms with Gasteiger partial charge in [-0.05, 0) is 30.7 Å². The molecule has 0 saturated carbocycles. The van der Waals surface area contributed by atoms with Crippen LogP contribution in [0.25, 0.3) is 0 Å². The van der Waals surface area contributed by atoms with Crippen LogP contribution < -0.4 is 5.32 Å². The first-order valence-corrected chi connectivity index (χ1v) is 7.71. The first-order chi connectivity index (χ1) is 12.4. The number of hydrogen-bond donors (Lipinski definition) is 1. The summed E-state index contributed by atoms with van der Waals surface area (Å²) in [6.07, 6.45) is 0. The van der Waals surface area contributed by atoms with E-state index in [2.05, 4.69) is 5.32 Å². The number of carbonyl (C=O) groups excluding carboxylic acids is 2. The molecule has 0 fully saturated rings. The van der Waals surface area contributed by atoms with E-state index in [1.165, 1.54) is 25.1 Å². The highest BCUT2D eigenvalue weighted by molar-refractivity contribution is 5.96. The Labute approximate surface area is 149 Å². The predicted octanol–water partition coefficient (Wildman–Crippen LogP) is 2.85. The van der Waals surface area contributed by atoms with Crippen LogP contribution in [0.4, 0.5) is 11.4 Å². The van der Waals surface area contributed by atoms with Crippen LogP contribution in [0.1, 0.15) is 21.5 Å². The average Bonchev–Trinajstić information content (AvgIpc) is 2.62. The molecular weight excluding hydrogens is 340 g/mol. The van der Waals surface area contributed by atoms with E-state index in [0.29, 0.717) is 23.4 Å². The van der Waals surface area contributed by atoms with E-state index >= 15 is 0 Å². The van der Waals surface area contributed by atoms with Crippen LogP contribution in [-0.4, -0.2) is 30.5 Å². The molecule has 0 aliphatic heterocycles. The summed E-state index contributed by atoms with van der Waals surface area (Å²) in [4.78, 5) is 34.3. The molecule has 0 radical (unpaired) electrons. The van der Waals surface area contributed by atoms with Crippen molar-refractivity contribution in [2.75, 3.05) is 19.0 Å². The number of anilines is 1. The van der Waals surface area contributed by atoms with Gasteiger partial charge in [0.1, 0.15) is 0 Å². The molecule has 0 heterocycles. The Morgan fingerprint density at radius 3 is 2.46 bits per heavy atom. The standard InChI is InChI=1S/C18H18N2O6/c1-12-15(4-3-5-16(12)20(23)24)19-17(21)11-26-18(22)14-8-6-13(7-9-14)10-25-2/h3-9H,10-11H2,1-2H3,(H,19,21). The van der Waals surface area contributed by atoms with Gasteiger partial charge in [-0.2, -0.15) is 0 Å². The molecule has 8 nitrogen and oxygen atoms in total. The second kappa shape index (κ2) is 8.72. The van der Waals surface area contributed by atoms with Crippen LogP contribution in [0.2, 0.25) is 0 Å². The van der Waals surface area contributed by atoms with Gasteiger partial charge in [0, 0.05) is 13.2 Å². The van der Waals surface area contributed by atoms with Gasteiger partial charge in [-0.25, -0.2) is 4.79 Å². The minimum Gasteiger partial charge on any atom is -0.452 e. The highest BCUT2D eigenvalue weighted by atomic mass is 16.6. The SMILES string of the molecule is COCc1ccc(C(=O)OCC(=O)Nc2cccc([N+](=O)[O-])c2C)cc1. The fourth-order valence-corrected chi connectivity index (χ4v) is 2.26. The number of amides is 1. The summed E-state index contributed by atoms with van der Waals surface area (Å²) in [5.74, 6) is -1.22. The quantitative estimate of drug-likeness (QED) is 0.463. The summed E-state index contributed by atoms with van der Waals surface area (Å²) in [5, 5.41) is 13.4. The van der Waals surface area contributed by atoms with Crippen molar-refractivity contribution in [3.05, 3.63) is 69.3 Å². The van der Waals surface area contributed by atoms with Crippen molar-refractivity contribution in [1.29, 1.82) is 0 Å². The number of ether oxygens (including phenoxy) is 2. The zero-order valence-electron chi connectivity index (χ0n) is 14.4. The van der Waals surface area contributed by atoms with Gasteiger partial charge in [0.25, 0.3) is 11.6 Å². The van der Waals surface area contributed by atoms with Crippen molar-refractivity contribution in [2.24, 2.45) is 0 Å². The molecule has 26 heavy (non-hydrogen) atoms. The normalized spacial score (nSPS) is 10.2. The maximum Gasteiger partial charge on any atom is 0.338 e. The largest absolute Gasteiger partial charge is 0.452 e. The molecule has 0 saturated heterocycles. The molecule has 2 aromatic rings. The monoisotopic (exact) mass is 358 g/mol. The Balaban J connectivity index is 1.93. The van der Waals surface area contributed by atoms with Crippen molar-refractivity contribution >= 4 is 23.3 Å². The number of carbonyl (C=O) groups is 2. The third-order valence-electron chi connectivity index (χ3n) is 3.61. The summed E-state index contributed by atoms with van der Waals surface area (Å²) >= 11 is 0. The molecule has 0 spiro atoms. The van der Waals surface area contributed by atoms with Crippen molar-refractivity contribution < 1.29 is 24.0 Å². The van der Waals surface area contributed by atoms with Crippen LogP contribution in [0.5, 0.6) is 0 Å². The first kappa shape index (κ1) is 19.1. The van der Waals surface area contributed by atoms with Gasteiger partial charge >= 0.3 is 5.97 Å². The van der Waals surface area contributed by atoms with Crippen LogP contribution in [0.3, 0.4) is 0 Å². The molecule has 0 atom stereocenters. The van der Waals surface area contributed by atoms with Gasteiger partial charge in [0.2, 0.25) is 0 Å². The van der Waals surface area contributed by atoms with Crippen LogP contribution in [-0.2, 0) is 20.9 Å². The van der Waals surface area contributed by atoms with E-state index in [9.17, 15) is 19.7 Å². The second-order valence-corrected chi connectivity index (χ2v) is 5.46. The molecule has 0 unspecified atom stereocenters. The van der Waals surface area contributed by atoms with Crippen LogP contribution >= 0.6 is 0 Å². The smallest absolute Gasteiger partial charge is 0.338 e. The highest BCUT2D eigenvalue weighted by Crippen LogP contribution is 2.24. The lowest BCUT2D eigenvalue weighted by molar-refractivity contribution is -0.385. The van der Waals surface area contributed by atoms with Crippen molar-refractivity contribution in [2.45, 2.75) is 13.5 Å². The summed E-state index contributed by atoms with van der Waals surface area (Å²) < 4.78 is 9.95. The molecule has 1 amide bonds. The fraction of sp³-hybridized carbons (Fsp3) is 0.222. The Bertz CT molecular complexity index is 817. The molecule has 136 valence electrons. The van der Waals surface area contributed by atoms with Gasteiger partial charge < -0.3 is 14.8 Å². The highest BCUT2D eigenvalue weighted by Gasteiger charge is 2.16. The van der Waals surface area contributed by atoms with Crippen LogP contribution in [0.15, 0.2) is 42.5 Å². The molecule has 8 heteroatoms. The number of hydrogen-bond acceptors (Lipinski definition) is 6. The number of nitrogens with one attached hydrogen (secondary N) is 1. The Morgan fingerprint density at radius 2 is 1.85 bits per heavy atom. The van der Waals surface area contributed by atoms with E-state index in [-0.39, 0.29) is 5.69 Å². The van der Waals surface area contributed by atoms with Gasteiger partial charge in [0.05, 0.1) is 28.3 Å². The predicted molar refractivity (Wildman–Crippen MR) is 93.9 cm³/mol. The van der Waals surface area contributed by atoms with Crippen LogP contribution in [0, 0.1) is 17.0 Å². The zero-order chi connectivity index (χ0) is 19.1. The molecule has 2 rings (SSSR count). The Hall–Kier alpha value is -3.26. The lowest BCUT2D eigenvalue weighted by Gasteiger charge is -2.09. The topological polar surface area (TPSA) is 108 Å². The number of nitro benzene ring substituents is 1. The molecule has 1 N–H and O–H groups in total. The number of nitrogens with zero attached hydrogens (tertiary/aromatic N) is 1. The number of rotatable bonds is 7. The number of esters is 1. The van der Waals surface area contributed by atoms with E-state index in [4.69, 9.17) is 9.47 Å². The Morgan fingerprint density at radius 1 is 1.15 bits per heavy atom. The van der Waals surface area contributed by atoms with Crippen molar-refractivity contribution in [3.8, 4) is 0 Å². The molecule has 0 bridgehead atoms. The molecular formula is C18H18N2O6. The third kappa shape index (κ3) is 4.87. The van der Waals surface area contributed by atoms with E-state index < -0.39 is 23.4 Å². The number of methoxy groups -OCH3 is 1. The van der Waals surface area contributed by atoms with E-state index in [1.54, 1.807) is 31.4 Å². The zero-order valence-corrected chi connectivity index (χ0v) is 14.4. The van der Waals surface area contributed by atoms with E-state index in [1.807, 2.05) is 0 Å². The number of benzene rings is 2. The molecule has 2 aromatic carbocycles. The van der Waals surface area contributed by atoms with Crippen molar-refractivity contribution in [3.63, 3.8) is 0 Å². The maximum absolute atomic E-state index is 12.0. The van der Waals surface area contributed by atoms with Gasteiger partial charge in [0.15, 0.2) is 6.61 Å². The van der Waals surface area contributed by atoms with E-state index in [0.717, 1.165) is 5.56 Å². The van der Waals surface area contributed by atoms with Gasteiger partial charge in [-0.15, -0.1) is 0 Å². The first-order valence-electron chi connectivity index (χ1n) is 7.71. The minimum absolute atomic E-state index is 0.101. The lowest BCUT2D eigenvalue weighted by Crippen LogP contribution is -2.21. The van der Waals surface area contributed by atoms with Gasteiger partial charge in [-0.3, -0.25) is 14.9 Å². The molecule has 0 aliphatic rings. The molecule has 0 aromatic heterocycles. The average molecular weight is 358 g/mol. The summed E-state index contributed by atoms with van der Waals surface area (Å²) in [6, 6.07) is 11.0. The Kier molecular flexibility index (Phi) is 6.40. The number of nitro groups is 1. The fourth-order valence-electron chi connectivity index (χ4n) is 2.26. The lowest BCUT2D eigenvalue weighted by atomic mass is 10.1. The summed E-state index contributed by atoms with van der Waals surface area (Å²) in [5.41, 5.74) is 1.73. The summed E-state index contributed by atoms with van der Waals surface area (Å²) in [7, 11) is 1.57. The minimum atomic E-state index is -0.639. The maximum atomic E-state index is 12.0. The van der Waals surface area contributed by atoms with Crippen molar-refractivity contribution in [1.82, 2.24) is 0 Å². The second-order valence-electron chi connectivity index (χ2n) is 5.46. The third-order valence-corrected chi connectivity index (χ3v) is 3.61. The van der Waals surface area contributed by atoms with Gasteiger partial charge in [-0.1, -0.05) is 18.2 Å². The molecule has 0 aliphatic carbocycles.